The minimum atomic E-state index is -0.0355. The van der Waals surface area contributed by atoms with E-state index in [0.29, 0.717) is 17.8 Å². The van der Waals surface area contributed by atoms with Gasteiger partial charge in [0.1, 0.15) is 18.9 Å². The maximum atomic E-state index is 11.9. The number of hydrogen-bond acceptors (Lipinski definition) is 3. The average molecular weight is 342 g/mol. The zero-order valence-electron chi connectivity index (χ0n) is 15.4. The summed E-state index contributed by atoms with van der Waals surface area (Å²) >= 11 is 0. The molecule has 0 radical (unpaired) electrons. The molecule has 4 aliphatic carbocycles. The van der Waals surface area contributed by atoms with Gasteiger partial charge < -0.3 is 14.4 Å². The van der Waals surface area contributed by atoms with E-state index in [1.165, 1.54) is 11.9 Å². The third-order valence-corrected chi connectivity index (χ3v) is 8.81. The lowest BCUT2D eigenvalue weighted by Gasteiger charge is -2.59. The molecular formula is C22H30O3. The molecule has 0 aromatic rings. The van der Waals surface area contributed by atoms with Gasteiger partial charge in [-0.2, -0.15) is 0 Å². The van der Waals surface area contributed by atoms with Crippen LogP contribution in [0.15, 0.2) is 11.6 Å². The fourth-order valence-electron chi connectivity index (χ4n) is 7.39. The minimum absolute atomic E-state index is 0.0122. The summed E-state index contributed by atoms with van der Waals surface area (Å²) in [6.07, 6.45) is 12.8. The molecule has 0 heterocycles. The van der Waals surface area contributed by atoms with Crippen molar-refractivity contribution >= 4 is 18.9 Å². The van der Waals surface area contributed by atoms with Gasteiger partial charge in [0, 0.05) is 17.8 Å². The standard InChI is InChI=1S/C22H30O3/c1-21-8-6-19-17(18(21)4-3-16(21)13-25)10-15(12-24)20-9-14(11-23)5-7-22(19,20)2/h9,11-19H,3-8,10H2,1-2H3/t14?,15?,16?,17-,18-,19-,21+,22+/m0/s1. The first-order valence-corrected chi connectivity index (χ1v) is 10.1. The number of rotatable bonds is 3. The fraction of sp³-hybridized carbons (Fsp3) is 0.773. The van der Waals surface area contributed by atoms with Gasteiger partial charge in [0.25, 0.3) is 0 Å². The first-order valence-electron chi connectivity index (χ1n) is 10.1. The van der Waals surface area contributed by atoms with Crippen LogP contribution in [0.25, 0.3) is 0 Å². The molecule has 3 nitrogen and oxygen atoms in total. The molecule has 0 aliphatic heterocycles. The van der Waals surface area contributed by atoms with Crippen LogP contribution in [0.4, 0.5) is 0 Å². The first-order chi connectivity index (χ1) is 12.0. The second-order valence-corrected chi connectivity index (χ2v) is 9.60. The Kier molecular flexibility index (Phi) is 4.05. The minimum Gasteiger partial charge on any atom is -0.303 e. The second kappa shape index (κ2) is 5.89. The molecule has 0 aromatic carbocycles. The van der Waals surface area contributed by atoms with E-state index in [1.807, 2.05) is 0 Å². The predicted molar refractivity (Wildman–Crippen MR) is 95.7 cm³/mol. The SMILES string of the molecule is C[C@]12CCC(C=O)C=C1C(C=O)C[C@@H]1[C@@H]2CC[C@]2(C)C(C=O)CC[C@@H]12. The number of aldehydes is 3. The van der Waals surface area contributed by atoms with Crippen molar-refractivity contribution in [1.29, 1.82) is 0 Å². The number of hydrogen-bond donors (Lipinski definition) is 0. The first kappa shape index (κ1) is 17.2. The third-order valence-electron chi connectivity index (χ3n) is 8.81. The third kappa shape index (κ3) is 2.27. The van der Waals surface area contributed by atoms with Gasteiger partial charge in [0.05, 0.1) is 0 Å². The normalized spacial score (nSPS) is 51.5. The average Bonchev–Trinajstić information content (AvgIpc) is 2.96. The molecule has 0 spiro atoms. The summed E-state index contributed by atoms with van der Waals surface area (Å²) in [5, 5.41) is 0. The molecule has 8 atom stereocenters. The molecule has 4 aliphatic rings. The number of fused-ring (bicyclic) bond motifs is 5. The van der Waals surface area contributed by atoms with Gasteiger partial charge in [-0.15, -0.1) is 0 Å². The summed E-state index contributed by atoms with van der Waals surface area (Å²) in [6.45, 7) is 4.68. The van der Waals surface area contributed by atoms with Crippen LogP contribution in [0.1, 0.15) is 58.8 Å². The molecular weight excluding hydrogens is 312 g/mol. The lowest BCUT2D eigenvalue weighted by atomic mass is 9.45. The van der Waals surface area contributed by atoms with Crippen LogP contribution in [0.2, 0.25) is 0 Å². The van der Waals surface area contributed by atoms with E-state index in [2.05, 4.69) is 19.9 Å². The Hall–Kier alpha value is -1.25. The van der Waals surface area contributed by atoms with Crippen molar-refractivity contribution in [2.45, 2.75) is 58.8 Å². The Morgan fingerprint density at radius 1 is 0.920 bits per heavy atom. The Bertz CT molecular complexity index is 623. The van der Waals surface area contributed by atoms with Gasteiger partial charge in [0.15, 0.2) is 0 Å². The number of allylic oxidation sites excluding steroid dienone is 2. The fourth-order valence-corrected chi connectivity index (χ4v) is 7.39. The van der Waals surface area contributed by atoms with E-state index in [0.717, 1.165) is 57.5 Å². The highest BCUT2D eigenvalue weighted by Crippen LogP contribution is 2.67. The molecule has 3 unspecified atom stereocenters. The zero-order valence-corrected chi connectivity index (χ0v) is 15.4. The maximum absolute atomic E-state index is 11.9. The molecule has 0 bridgehead atoms. The molecule has 25 heavy (non-hydrogen) atoms. The van der Waals surface area contributed by atoms with Crippen molar-refractivity contribution in [2.24, 2.45) is 46.3 Å². The lowest BCUT2D eigenvalue weighted by molar-refractivity contribution is -0.122. The summed E-state index contributed by atoms with van der Waals surface area (Å²) in [7, 11) is 0. The molecule has 0 N–H and O–H groups in total. The van der Waals surface area contributed by atoms with Gasteiger partial charge in [-0.05, 0) is 73.5 Å². The zero-order chi connectivity index (χ0) is 17.8. The highest BCUT2D eigenvalue weighted by atomic mass is 16.1. The van der Waals surface area contributed by atoms with Crippen LogP contribution < -0.4 is 0 Å². The van der Waals surface area contributed by atoms with E-state index in [1.54, 1.807) is 0 Å². The second-order valence-electron chi connectivity index (χ2n) is 9.60. The largest absolute Gasteiger partial charge is 0.303 e. The van der Waals surface area contributed by atoms with Gasteiger partial charge in [-0.1, -0.05) is 25.5 Å². The van der Waals surface area contributed by atoms with Crippen LogP contribution >= 0.6 is 0 Å². The smallest absolute Gasteiger partial charge is 0.127 e. The number of carbonyl (C=O) groups excluding carboxylic acids is 3. The van der Waals surface area contributed by atoms with Gasteiger partial charge in [0.2, 0.25) is 0 Å². The van der Waals surface area contributed by atoms with E-state index < -0.39 is 0 Å². The van der Waals surface area contributed by atoms with E-state index in [9.17, 15) is 14.4 Å². The Morgan fingerprint density at radius 3 is 2.40 bits per heavy atom. The Labute approximate surface area is 150 Å². The Balaban J connectivity index is 1.73. The molecule has 0 saturated heterocycles. The van der Waals surface area contributed by atoms with Crippen molar-refractivity contribution in [3.8, 4) is 0 Å². The Morgan fingerprint density at radius 2 is 1.72 bits per heavy atom. The predicted octanol–water partition coefficient (Wildman–Crippen LogP) is 4.00. The maximum Gasteiger partial charge on any atom is 0.127 e. The highest BCUT2D eigenvalue weighted by molar-refractivity contribution is 5.64. The topological polar surface area (TPSA) is 51.2 Å². The van der Waals surface area contributed by atoms with Crippen LogP contribution in [0, 0.1) is 46.3 Å². The summed E-state index contributed by atoms with van der Waals surface area (Å²) in [6, 6.07) is 0. The molecule has 3 saturated carbocycles. The van der Waals surface area contributed by atoms with Crippen LogP contribution in [-0.4, -0.2) is 18.9 Å². The number of carbonyl (C=O) groups is 3. The van der Waals surface area contributed by atoms with Crippen molar-refractivity contribution < 1.29 is 14.4 Å². The summed E-state index contributed by atoms with van der Waals surface area (Å²) in [5.41, 5.74) is 1.45. The van der Waals surface area contributed by atoms with Crippen molar-refractivity contribution in [1.82, 2.24) is 0 Å². The monoisotopic (exact) mass is 342 g/mol. The summed E-state index contributed by atoms with van der Waals surface area (Å²) in [5.74, 6) is 1.88. The quantitative estimate of drug-likeness (QED) is 0.575. The molecule has 3 fully saturated rings. The molecule has 4 rings (SSSR count). The van der Waals surface area contributed by atoms with Gasteiger partial charge >= 0.3 is 0 Å². The van der Waals surface area contributed by atoms with Crippen molar-refractivity contribution in [3.63, 3.8) is 0 Å². The van der Waals surface area contributed by atoms with Crippen molar-refractivity contribution in [3.05, 3.63) is 11.6 Å². The van der Waals surface area contributed by atoms with E-state index >= 15 is 0 Å². The van der Waals surface area contributed by atoms with Crippen LogP contribution in [0.5, 0.6) is 0 Å². The van der Waals surface area contributed by atoms with Crippen LogP contribution in [0.3, 0.4) is 0 Å². The van der Waals surface area contributed by atoms with E-state index in [4.69, 9.17) is 0 Å². The van der Waals surface area contributed by atoms with Gasteiger partial charge in [-0.25, -0.2) is 0 Å². The summed E-state index contributed by atoms with van der Waals surface area (Å²) < 4.78 is 0. The molecule has 0 amide bonds. The van der Waals surface area contributed by atoms with E-state index in [-0.39, 0.29) is 28.6 Å². The van der Waals surface area contributed by atoms with Crippen molar-refractivity contribution in [2.75, 3.05) is 0 Å². The molecule has 136 valence electrons. The van der Waals surface area contributed by atoms with Crippen LogP contribution in [-0.2, 0) is 14.4 Å². The summed E-state index contributed by atoms with van der Waals surface area (Å²) in [4.78, 5) is 34.9. The molecule has 3 heteroatoms. The highest BCUT2D eigenvalue weighted by Gasteiger charge is 2.60. The lowest BCUT2D eigenvalue weighted by Crippen LogP contribution is -2.53. The molecule has 0 aromatic heterocycles. The van der Waals surface area contributed by atoms with Gasteiger partial charge in [-0.3, -0.25) is 0 Å².